The van der Waals surface area contributed by atoms with Crippen molar-refractivity contribution in [3.05, 3.63) is 47.8 Å². The SMILES string of the molecule is CCn1ncnc1CC(CN)(CO)c1cccc(F)c1. The van der Waals surface area contributed by atoms with Gasteiger partial charge in [-0.15, -0.1) is 0 Å². The summed E-state index contributed by atoms with van der Waals surface area (Å²) >= 11 is 0. The molecule has 1 unspecified atom stereocenters. The Morgan fingerprint density at radius 1 is 1.45 bits per heavy atom. The van der Waals surface area contributed by atoms with Gasteiger partial charge in [-0.1, -0.05) is 12.1 Å². The Labute approximate surface area is 117 Å². The molecular formula is C14H19FN4O. The predicted molar refractivity (Wildman–Crippen MR) is 73.6 cm³/mol. The van der Waals surface area contributed by atoms with Crippen molar-refractivity contribution in [1.82, 2.24) is 14.8 Å². The maximum atomic E-state index is 13.4. The molecule has 20 heavy (non-hydrogen) atoms. The summed E-state index contributed by atoms with van der Waals surface area (Å²) in [5.41, 5.74) is 5.79. The van der Waals surface area contributed by atoms with Crippen molar-refractivity contribution in [2.24, 2.45) is 5.73 Å². The normalized spacial score (nSPS) is 14.2. The van der Waals surface area contributed by atoms with E-state index in [0.717, 1.165) is 5.82 Å². The van der Waals surface area contributed by atoms with Crippen LogP contribution in [-0.2, 0) is 18.4 Å². The molecule has 2 aromatic rings. The Kier molecular flexibility index (Phi) is 4.46. The Hall–Kier alpha value is -1.79. The smallest absolute Gasteiger partial charge is 0.138 e. The van der Waals surface area contributed by atoms with E-state index in [0.29, 0.717) is 18.5 Å². The van der Waals surface area contributed by atoms with E-state index in [1.165, 1.54) is 18.5 Å². The molecule has 6 heteroatoms. The second-order valence-corrected chi connectivity index (χ2v) is 4.82. The minimum absolute atomic E-state index is 0.177. The van der Waals surface area contributed by atoms with Gasteiger partial charge < -0.3 is 10.8 Å². The van der Waals surface area contributed by atoms with Crippen molar-refractivity contribution < 1.29 is 9.50 Å². The number of aromatic nitrogens is 3. The van der Waals surface area contributed by atoms with E-state index in [1.807, 2.05) is 6.92 Å². The molecule has 0 spiro atoms. The number of benzene rings is 1. The predicted octanol–water partition coefficient (Wildman–Crippen LogP) is 0.869. The van der Waals surface area contributed by atoms with Crippen LogP contribution >= 0.6 is 0 Å². The van der Waals surface area contributed by atoms with Crippen LogP contribution in [0.25, 0.3) is 0 Å². The molecule has 1 atom stereocenters. The molecule has 0 radical (unpaired) electrons. The molecule has 0 fully saturated rings. The lowest BCUT2D eigenvalue weighted by Crippen LogP contribution is -2.41. The van der Waals surface area contributed by atoms with Crippen LogP contribution in [0.15, 0.2) is 30.6 Å². The first kappa shape index (κ1) is 14.6. The summed E-state index contributed by atoms with van der Waals surface area (Å²) in [5, 5.41) is 13.9. The third-order valence-corrected chi connectivity index (χ3v) is 3.62. The van der Waals surface area contributed by atoms with E-state index >= 15 is 0 Å². The molecule has 0 saturated carbocycles. The van der Waals surface area contributed by atoms with E-state index in [9.17, 15) is 9.50 Å². The number of rotatable bonds is 6. The maximum Gasteiger partial charge on any atom is 0.138 e. The van der Waals surface area contributed by atoms with Crippen LogP contribution in [0.3, 0.4) is 0 Å². The fraction of sp³-hybridized carbons (Fsp3) is 0.429. The zero-order valence-corrected chi connectivity index (χ0v) is 11.5. The summed E-state index contributed by atoms with van der Waals surface area (Å²) in [4.78, 5) is 4.21. The molecule has 0 aliphatic carbocycles. The molecule has 108 valence electrons. The van der Waals surface area contributed by atoms with Crippen LogP contribution in [-0.4, -0.2) is 33.0 Å². The van der Waals surface area contributed by atoms with Gasteiger partial charge in [0.2, 0.25) is 0 Å². The van der Waals surface area contributed by atoms with Gasteiger partial charge in [0, 0.05) is 24.9 Å². The Morgan fingerprint density at radius 3 is 2.85 bits per heavy atom. The van der Waals surface area contributed by atoms with Crippen molar-refractivity contribution in [3.63, 3.8) is 0 Å². The molecule has 3 N–H and O–H groups in total. The van der Waals surface area contributed by atoms with E-state index in [-0.39, 0.29) is 19.0 Å². The standard InChI is InChI=1S/C14H19FN4O/c1-2-19-13(17-10-18-19)7-14(8-16,9-20)11-4-3-5-12(15)6-11/h3-6,10,20H,2,7-9,16H2,1H3. The van der Waals surface area contributed by atoms with Gasteiger partial charge in [0.25, 0.3) is 0 Å². The van der Waals surface area contributed by atoms with E-state index in [4.69, 9.17) is 5.73 Å². The number of aliphatic hydroxyl groups excluding tert-OH is 1. The lowest BCUT2D eigenvalue weighted by atomic mass is 9.78. The van der Waals surface area contributed by atoms with Gasteiger partial charge in [-0.05, 0) is 24.6 Å². The highest BCUT2D eigenvalue weighted by molar-refractivity contribution is 5.28. The molecule has 0 bridgehead atoms. The second kappa shape index (κ2) is 6.11. The first-order chi connectivity index (χ1) is 9.65. The Balaban J connectivity index is 2.39. The zero-order chi connectivity index (χ0) is 14.6. The Morgan fingerprint density at radius 2 is 2.25 bits per heavy atom. The zero-order valence-electron chi connectivity index (χ0n) is 11.5. The number of hydrogen-bond acceptors (Lipinski definition) is 4. The fourth-order valence-electron chi connectivity index (χ4n) is 2.31. The van der Waals surface area contributed by atoms with Gasteiger partial charge in [-0.2, -0.15) is 5.10 Å². The largest absolute Gasteiger partial charge is 0.395 e. The number of aliphatic hydroxyl groups is 1. The van der Waals surface area contributed by atoms with Crippen molar-refractivity contribution in [1.29, 1.82) is 0 Å². The summed E-state index contributed by atoms with van der Waals surface area (Å²) in [5.74, 6) is 0.391. The molecule has 1 heterocycles. The van der Waals surface area contributed by atoms with Crippen LogP contribution in [0, 0.1) is 5.82 Å². The average molecular weight is 278 g/mol. The minimum Gasteiger partial charge on any atom is -0.395 e. The third kappa shape index (κ3) is 2.71. The summed E-state index contributed by atoms with van der Waals surface area (Å²) in [6, 6.07) is 6.18. The maximum absolute atomic E-state index is 13.4. The minimum atomic E-state index is -0.748. The Bertz CT molecular complexity index is 566. The molecule has 5 nitrogen and oxygen atoms in total. The molecular weight excluding hydrogens is 259 g/mol. The summed E-state index contributed by atoms with van der Waals surface area (Å²) in [7, 11) is 0. The van der Waals surface area contributed by atoms with Crippen molar-refractivity contribution in [2.45, 2.75) is 25.3 Å². The van der Waals surface area contributed by atoms with Crippen LogP contribution in [0.5, 0.6) is 0 Å². The lowest BCUT2D eigenvalue weighted by molar-refractivity contribution is 0.192. The van der Waals surface area contributed by atoms with E-state index in [1.54, 1.807) is 16.8 Å². The topological polar surface area (TPSA) is 77.0 Å². The summed E-state index contributed by atoms with van der Waals surface area (Å²) in [6.45, 7) is 2.67. The number of hydrogen-bond donors (Lipinski definition) is 2. The van der Waals surface area contributed by atoms with E-state index in [2.05, 4.69) is 10.1 Å². The molecule has 1 aromatic heterocycles. The summed E-state index contributed by atoms with van der Waals surface area (Å²) < 4.78 is 15.2. The van der Waals surface area contributed by atoms with Crippen LogP contribution in [0.1, 0.15) is 18.3 Å². The molecule has 0 aliphatic rings. The first-order valence-electron chi connectivity index (χ1n) is 6.59. The van der Waals surface area contributed by atoms with Gasteiger partial charge in [-0.25, -0.2) is 9.37 Å². The molecule has 0 aliphatic heterocycles. The van der Waals surface area contributed by atoms with E-state index < -0.39 is 5.41 Å². The van der Waals surface area contributed by atoms with Crippen LogP contribution in [0.2, 0.25) is 0 Å². The van der Waals surface area contributed by atoms with Crippen molar-refractivity contribution in [3.8, 4) is 0 Å². The first-order valence-corrected chi connectivity index (χ1v) is 6.59. The molecule has 2 rings (SSSR count). The third-order valence-electron chi connectivity index (χ3n) is 3.62. The highest BCUT2D eigenvalue weighted by atomic mass is 19.1. The number of halogens is 1. The van der Waals surface area contributed by atoms with Crippen LogP contribution < -0.4 is 5.73 Å². The highest BCUT2D eigenvalue weighted by Gasteiger charge is 2.32. The number of nitrogens with two attached hydrogens (primary N) is 1. The second-order valence-electron chi connectivity index (χ2n) is 4.82. The number of nitrogens with zero attached hydrogens (tertiary/aromatic N) is 3. The fourth-order valence-corrected chi connectivity index (χ4v) is 2.31. The number of aryl methyl sites for hydroxylation is 1. The average Bonchev–Trinajstić information content (AvgIpc) is 2.92. The summed E-state index contributed by atoms with van der Waals surface area (Å²) in [6.07, 6.45) is 1.89. The molecule has 0 amide bonds. The van der Waals surface area contributed by atoms with Gasteiger partial charge in [0.1, 0.15) is 18.0 Å². The van der Waals surface area contributed by atoms with Gasteiger partial charge >= 0.3 is 0 Å². The van der Waals surface area contributed by atoms with Crippen molar-refractivity contribution in [2.75, 3.05) is 13.2 Å². The highest BCUT2D eigenvalue weighted by Crippen LogP contribution is 2.27. The van der Waals surface area contributed by atoms with Gasteiger partial charge in [-0.3, -0.25) is 4.68 Å². The molecule has 0 saturated heterocycles. The van der Waals surface area contributed by atoms with Crippen LogP contribution in [0.4, 0.5) is 4.39 Å². The lowest BCUT2D eigenvalue weighted by Gasteiger charge is -2.30. The van der Waals surface area contributed by atoms with Gasteiger partial charge in [0.05, 0.1) is 6.61 Å². The quantitative estimate of drug-likeness (QED) is 0.822. The molecule has 1 aromatic carbocycles. The van der Waals surface area contributed by atoms with Gasteiger partial charge in [0.15, 0.2) is 0 Å². The van der Waals surface area contributed by atoms with Crippen molar-refractivity contribution >= 4 is 0 Å². The monoisotopic (exact) mass is 278 g/mol.